The van der Waals surface area contributed by atoms with E-state index < -0.39 is 14.6 Å². The molecule has 2 aliphatic rings. The van der Waals surface area contributed by atoms with Gasteiger partial charge >= 0.3 is 0 Å². The highest BCUT2D eigenvalue weighted by Gasteiger charge is 2.41. The summed E-state index contributed by atoms with van der Waals surface area (Å²) in [5.41, 5.74) is 0.396. The summed E-state index contributed by atoms with van der Waals surface area (Å²) in [5.74, 6) is 1.06. The molecule has 23 heavy (non-hydrogen) atoms. The lowest BCUT2D eigenvalue weighted by molar-refractivity contribution is 0.274. The SMILES string of the molecule is CCC1(CNC(=NC)N2CCS(=O)(=O)C(C)(C)C2)CCCC1.I. The Morgan fingerprint density at radius 3 is 2.35 bits per heavy atom. The zero-order valence-corrected chi connectivity index (χ0v) is 18.0. The van der Waals surface area contributed by atoms with Gasteiger partial charge in [-0.2, -0.15) is 0 Å². The van der Waals surface area contributed by atoms with Crippen molar-refractivity contribution in [2.24, 2.45) is 10.4 Å². The van der Waals surface area contributed by atoms with Crippen molar-refractivity contribution in [3.63, 3.8) is 0 Å². The van der Waals surface area contributed by atoms with Crippen LogP contribution in [0.15, 0.2) is 4.99 Å². The van der Waals surface area contributed by atoms with Gasteiger partial charge in [-0.1, -0.05) is 19.8 Å². The van der Waals surface area contributed by atoms with Crippen LogP contribution in [-0.2, 0) is 9.84 Å². The van der Waals surface area contributed by atoms with E-state index in [1.54, 1.807) is 7.05 Å². The van der Waals surface area contributed by atoms with Gasteiger partial charge in [0.25, 0.3) is 0 Å². The van der Waals surface area contributed by atoms with Crippen molar-refractivity contribution in [2.75, 3.05) is 32.4 Å². The van der Waals surface area contributed by atoms with Crippen LogP contribution in [0.1, 0.15) is 52.9 Å². The standard InChI is InChI=1S/C16H31N3O2S.HI/c1-5-16(8-6-7-9-16)12-18-14(17-4)19-10-11-22(20,21)15(2,3)13-19;/h5-13H2,1-4H3,(H,17,18);1H. The molecule has 7 heteroatoms. The van der Waals surface area contributed by atoms with Crippen LogP contribution < -0.4 is 5.32 Å². The Kier molecular flexibility index (Phi) is 7.20. The molecule has 1 aliphatic heterocycles. The van der Waals surface area contributed by atoms with Crippen LogP contribution >= 0.6 is 24.0 Å². The first-order valence-electron chi connectivity index (χ1n) is 8.43. The van der Waals surface area contributed by atoms with Gasteiger partial charge in [-0.3, -0.25) is 4.99 Å². The number of aliphatic imine (C=N–C) groups is 1. The Labute approximate surface area is 158 Å². The second kappa shape index (κ2) is 7.89. The summed E-state index contributed by atoms with van der Waals surface area (Å²) in [6.07, 6.45) is 6.41. The van der Waals surface area contributed by atoms with E-state index in [4.69, 9.17) is 0 Å². The summed E-state index contributed by atoms with van der Waals surface area (Å²) in [7, 11) is -1.22. The molecular formula is C16H32IN3O2S. The lowest BCUT2D eigenvalue weighted by atomic mass is 9.83. The molecule has 0 atom stereocenters. The molecule has 0 aromatic rings. The van der Waals surface area contributed by atoms with E-state index >= 15 is 0 Å². The number of rotatable bonds is 3. The molecule has 0 amide bonds. The van der Waals surface area contributed by atoms with Gasteiger partial charge < -0.3 is 10.2 Å². The molecule has 2 rings (SSSR count). The topological polar surface area (TPSA) is 61.8 Å². The summed E-state index contributed by atoms with van der Waals surface area (Å²) >= 11 is 0. The van der Waals surface area contributed by atoms with Gasteiger partial charge in [0, 0.05) is 26.7 Å². The highest BCUT2D eigenvalue weighted by Crippen LogP contribution is 2.40. The highest BCUT2D eigenvalue weighted by molar-refractivity contribution is 14.0. The van der Waals surface area contributed by atoms with Gasteiger partial charge in [-0.15, -0.1) is 24.0 Å². The first kappa shape index (κ1) is 21.0. The maximum Gasteiger partial charge on any atom is 0.193 e. The third-order valence-corrected chi connectivity index (χ3v) is 8.12. The van der Waals surface area contributed by atoms with Crippen LogP contribution in [0.4, 0.5) is 0 Å². The minimum absolute atomic E-state index is 0. The van der Waals surface area contributed by atoms with Crippen molar-refractivity contribution in [3.05, 3.63) is 0 Å². The van der Waals surface area contributed by atoms with Crippen molar-refractivity contribution < 1.29 is 8.42 Å². The second-order valence-corrected chi connectivity index (χ2v) is 10.2. The maximum atomic E-state index is 12.1. The van der Waals surface area contributed by atoms with Crippen LogP contribution in [0, 0.1) is 5.41 Å². The van der Waals surface area contributed by atoms with Crippen LogP contribution in [0.2, 0.25) is 0 Å². The fraction of sp³-hybridized carbons (Fsp3) is 0.938. The number of nitrogens with zero attached hydrogens (tertiary/aromatic N) is 2. The smallest absolute Gasteiger partial charge is 0.193 e. The molecule has 0 bridgehead atoms. The van der Waals surface area contributed by atoms with E-state index in [2.05, 4.69) is 22.1 Å². The molecule has 2 fully saturated rings. The lowest BCUT2D eigenvalue weighted by Crippen LogP contribution is -2.58. The van der Waals surface area contributed by atoms with Gasteiger partial charge in [0.05, 0.1) is 10.5 Å². The number of guanidine groups is 1. The zero-order chi connectivity index (χ0) is 16.4. The maximum absolute atomic E-state index is 12.1. The van der Waals surface area contributed by atoms with E-state index in [1.165, 1.54) is 32.1 Å². The number of nitrogens with one attached hydrogen (secondary N) is 1. The highest BCUT2D eigenvalue weighted by atomic mass is 127. The molecule has 0 spiro atoms. The molecule has 1 saturated heterocycles. The van der Waals surface area contributed by atoms with Crippen LogP contribution in [-0.4, -0.2) is 56.5 Å². The van der Waals surface area contributed by atoms with E-state index in [-0.39, 0.29) is 29.7 Å². The molecular weight excluding hydrogens is 425 g/mol. The minimum atomic E-state index is -3.01. The van der Waals surface area contributed by atoms with Gasteiger partial charge in [0.2, 0.25) is 0 Å². The molecule has 0 aromatic carbocycles. The van der Waals surface area contributed by atoms with Crippen molar-refractivity contribution in [1.29, 1.82) is 0 Å². The number of hydrogen-bond donors (Lipinski definition) is 1. The molecule has 1 saturated carbocycles. The largest absolute Gasteiger partial charge is 0.356 e. The van der Waals surface area contributed by atoms with Gasteiger partial charge in [0.1, 0.15) is 0 Å². The Balaban J connectivity index is 0.00000264. The first-order valence-corrected chi connectivity index (χ1v) is 10.1. The van der Waals surface area contributed by atoms with Crippen LogP contribution in [0.5, 0.6) is 0 Å². The number of hydrogen-bond acceptors (Lipinski definition) is 3. The predicted octanol–water partition coefficient (Wildman–Crippen LogP) is 2.66. The normalized spacial score (nSPS) is 25.7. The average Bonchev–Trinajstić information content (AvgIpc) is 2.93. The monoisotopic (exact) mass is 457 g/mol. The van der Waals surface area contributed by atoms with Crippen LogP contribution in [0.25, 0.3) is 0 Å². The van der Waals surface area contributed by atoms with Crippen LogP contribution in [0.3, 0.4) is 0 Å². The number of halogens is 1. The summed E-state index contributed by atoms with van der Waals surface area (Å²) in [6, 6.07) is 0. The molecule has 0 aromatic heterocycles. The summed E-state index contributed by atoms with van der Waals surface area (Å²) in [6.45, 7) is 7.88. The predicted molar refractivity (Wildman–Crippen MR) is 107 cm³/mol. The summed E-state index contributed by atoms with van der Waals surface area (Å²) in [4.78, 5) is 6.48. The van der Waals surface area contributed by atoms with Crippen molar-refractivity contribution in [2.45, 2.75) is 57.6 Å². The van der Waals surface area contributed by atoms with E-state index in [0.29, 0.717) is 18.5 Å². The molecule has 1 N–H and O–H groups in total. The van der Waals surface area contributed by atoms with Gasteiger partial charge in [0.15, 0.2) is 15.8 Å². The van der Waals surface area contributed by atoms with Crippen molar-refractivity contribution in [1.82, 2.24) is 10.2 Å². The van der Waals surface area contributed by atoms with Crippen molar-refractivity contribution >= 4 is 39.8 Å². The summed E-state index contributed by atoms with van der Waals surface area (Å²) < 4.78 is 23.6. The third-order valence-electron chi connectivity index (χ3n) is 5.59. The van der Waals surface area contributed by atoms with Gasteiger partial charge in [-0.05, 0) is 38.5 Å². The Morgan fingerprint density at radius 2 is 1.87 bits per heavy atom. The van der Waals surface area contributed by atoms with E-state index in [0.717, 1.165) is 12.5 Å². The molecule has 1 aliphatic carbocycles. The fourth-order valence-corrected chi connectivity index (χ4v) is 5.07. The quantitative estimate of drug-likeness (QED) is 0.402. The lowest BCUT2D eigenvalue weighted by Gasteiger charge is -2.40. The van der Waals surface area contributed by atoms with Gasteiger partial charge in [-0.25, -0.2) is 8.42 Å². The molecule has 1 heterocycles. The first-order chi connectivity index (χ1) is 10.3. The second-order valence-electron chi connectivity index (χ2n) is 7.46. The summed E-state index contributed by atoms with van der Waals surface area (Å²) in [5, 5.41) is 3.52. The molecule has 5 nitrogen and oxygen atoms in total. The fourth-order valence-electron chi connectivity index (χ4n) is 3.70. The minimum Gasteiger partial charge on any atom is -0.356 e. The zero-order valence-electron chi connectivity index (χ0n) is 14.9. The Hall–Kier alpha value is -0.0500. The molecule has 0 unspecified atom stereocenters. The molecule has 136 valence electrons. The molecule has 0 radical (unpaired) electrons. The Bertz CT molecular complexity index is 525. The Morgan fingerprint density at radius 1 is 1.26 bits per heavy atom. The third kappa shape index (κ3) is 4.52. The van der Waals surface area contributed by atoms with E-state index in [9.17, 15) is 8.42 Å². The number of sulfone groups is 1. The van der Waals surface area contributed by atoms with E-state index in [1.807, 2.05) is 13.8 Å². The van der Waals surface area contributed by atoms with Crippen molar-refractivity contribution in [3.8, 4) is 0 Å². The average molecular weight is 457 g/mol.